The Balaban J connectivity index is 1.90. The monoisotopic (exact) mass is 254 g/mol. The van der Waals surface area contributed by atoms with Crippen molar-refractivity contribution in [1.29, 1.82) is 0 Å². The van der Waals surface area contributed by atoms with Gasteiger partial charge in [0.15, 0.2) is 6.61 Å². The van der Waals surface area contributed by atoms with Crippen molar-refractivity contribution in [1.82, 2.24) is 10.2 Å². The molecule has 0 spiro atoms. The van der Waals surface area contributed by atoms with Crippen molar-refractivity contribution >= 4 is 23.5 Å². The number of ether oxygens (including phenoxy) is 1. The minimum atomic E-state index is -0.371. The average Bonchev–Trinajstić information content (AvgIpc) is 2.72. The van der Waals surface area contributed by atoms with E-state index in [1.165, 1.54) is 0 Å². The number of imide groups is 1. The van der Waals surface area contributed by atoms with E-state index in [2.05, 4.69) is 5.32 Å². The van der Waals surface area contributed by atoms with Crippen LogP contribution < -0.4 is 10.1 Å². The molecule has 0 saturated carbocycles. The summed E-state index contributed by atoms with van der Waals surface area (Å²) in [6.45, 7) is 0.700. The number of rotatable bonds is 3. The van der Waals surface area contributed by atoms with Gasteiger partial charge in [-0.15, -0.1) is 0 Å². The highest BCUT2D eigenvalue weighted by atomic mass is 35.5. The zero-order valence-electron chi connectivity index (χ0n) is 8.98. The van der Waals surface area contributed by atoms with Gasteiger partial charge in [-0.2, -0.15) is 0 Å². The average molecular weight is 255 g/mol. The second-order valence-corrected chi connectivity index (χ2v) is 3.96. The van der Waals surface area contributed by atoms with Crippen LogP contribution in [0.3, 0.4) is 0 Å². The molecule has 1 aromatic carbocycles. The third-order valence-electron chi connectivity index (χ3n) is 2.32. The topological polar surface area (TPSA) is 58.6 Å². The first-order valence-electron chi connectivity index (χ1n) is 5.13. The quantitative estimate of drug-likeness (QED) is 0.884. The van der Waals surface area contributed by atoms with Crippen LogP contribution >= 0.6 is 11.6 Å². The van der Waals surface area contributed by atoms with Crippen molar-refractivity contribution in [2.75, 3.05) is 19.7 Å². The van der Waals surface area contributed by atoms with Gasteiger partial charge < -0.3 is 10.1 Å². The summed E-state index contributed by atoms with van der Waals surface area (Å²) in [5.74, 6) is 0.144. The Bertz CT molecular complexity index is 450. The minimum absolute atomic E-state index is 0.173. The van der Waals surface area contributed by atoms with Gasteiger partial charge in [-0.05, 0) is 18.2 Å². The molecule has 1 N–H and O–H groups in total. The predicted molar refractivity (Wildman–Crippen MR) is 62.1 cm³/mol. The zero-order chi connectivity index (χ0) is 12.3. The Morgan fingerprint density at radius 3 is 3.00 bits per heavy atom. The number of nitrogens with zero attached hydrogens (tertiary/aromatic N) is 1. The number of benzene rings is 1. The van der Waals surface area contributed by atoms with Crippen molar-refractivity contribution in [2.24, 2.45) is 0 Å². The first-order chi connectivity index (χ1) is 8.16. The normalized spacial score (nSPS) is 14.6. The second kappa shape index (κ2) is 5.05. The lowest BCUT2D eigenvalue weighted by Crippen LogP contribution is -2.37. The summed E-state index contributed by atoms with van der Waals surface area (Å²) in [7, 11) is 0. The van der Waals surface area contributed by atoms with Crippen LogP contribution in [-0.2, 0) is 4.79 Å². The molecule has 1 saturated heterocycles. The van der Waals surface area contributed by atoms with Gasteiger partial charge in [-0.1, -0.05) is 17.7 Å². The van der Waals surface area contributed by atoms with Crippen LogP contribution in [0.25, 0.3) is 0 Å². The van der Waals surface area contributed by atoms with Crippen LogP contribution in [0.1, 0.15) is 0 Å². The number of carbonyl (C=O) groups excluding carboxylic acids is 2. The van der Waals surface area contributed by atoms with E-state index in [1.807, 2.05) is 0 Å². The van der Waals surface area contributed by atoms with Crippen molar-refractivity contribution in [2.45, 2.75) is 0 Å². The van der Waals surface area contributed by atoms with Gasteiger partial charge in [-0.25, -0.2) is 4.79 Å². The number of hydrogen-bond donors (Lipinski definition) is 1. The molecule has 0 aromatic heterocycles. The molecular formula is C11H11ClN2O3. The van der Waals surface area contributed by atoms with E-state index >= 15 is 0 Å². The van der Waals surface area contributed by atoms with Crippen molar-refractivity contribution < 1.29 is 14.3 Å². The van der Waals surface area contributed by atoms with Crippen LogP contribution in [0.2, 0.25) is 5.02 Å². The van der Waals surface area contributed by atoms with Crippen molar-refractivity contribution in [3.05, 3.63) is 29.3 Å². The Morgan fingerprint density at radius 2 is 2.35 bits per heavy atom. The lowest BCUT2D eigenvalue weighted by Gasteiger charge is -2.12. The van der Waals surface area contributed by atoms with E-state index in [1.54, 1.807) is 24.3 Å². The molecule has 0 bridgehead atoms. The summed E-state index contributed by atoms with van der Waals surface area (Å²) in [5.41, 5.74) is 0. The molecule has 17 heavy (non-hydrogen) atoms. The number of carbonyl (C=O) groups is 2. The Labute approximate surface area is 103 Å². The molecule has 0 unspecified atom stereocenters. The summed E-state index contributed by atoms with van der Waals surface area (Å²) in [6, 6.07) is 6.38. The highest BCUT2D eigenvalue weighted by Gasteiger charge is 2.26. The Kier molecular flexibility index (Phi) is 3.49. The summed E-state index contributed by atoms with van der Waals surface area (Å²) < 4.78 is 5.25. The number of nitrogens with one attached hydrogen (secondary N) is 1. The number of halogens is 1. The fourth-order valence-corrected chi connectivity index (χ4v) is 1.67. The molecule has 1 aliphatic rings. The lowest BCUT2D eigenvalue weighted by molar-refractivity contribution is -0.129. The maximum atomic E-state index is 11.6. The molecule has 1 heterocycles. The maximum Gasteiger partial charge on any atom is 0.324 e. The number of amides is 3. The fraction of sp³-hybridized carbons (Fsp3) is 0.273. The molecule has 1 aromatic rings. The van der Waals surface area contributed by atoms with Gasteiger partial charge >= 0.3 is 6.03 Å². The predicted octanol–water partition coefficient (Wildman–Crippen LogP) is 1.27. The smallest absolute Gasteiger partial charge is 0.324 e. The maximum absolute atomic E-state index is 11.6. The van der Waals surface area contributed by atoms with Gasteiger partial charge in [0.1, 0.15) is 5.75 Å². The number of hydrogen-bond acceptors (Lipinski definition) is 3. The fourth-order valence-electron chi connectivity index (χ4n) is 1.49. The zero-order valence-corrected chi connectivity index (χ0v) is 9.74. The Hall–Kier alpha value is -1.75. The lowest BCUT2D eigenvalue weighted by atomic mass is 10.3. The molecule has 1 aliphatic heterocycles. The second-order valence-electron chi connectivity index (χ2n) is 3.52. The first-order valence-corrected chi connectivity index (χ1v) is 5.51. The van der Waals surface area contributed by atoms with Gasteiger partial charge in [0, 0.05) is 18.1 Å². The van der Waals surface area contributed by atoms with Crippen LogP contribution in [0, 0.1) is 0 Å². The van der Waals surface area contributed by atoms with Gasteiger partial charge in [0.05, 0.1) is 0 Å². The van der Waals surface area contributed by atoms with Crippen LogP contribution in [0.4, 0.5) is 4.79 Å². The molecular weight excluding hydrogens is 244 g/mol. The van der Waals surface area contributed by atoms with Gasteiger partial charge in [0.25, 0.3) is 5.91 Å². The van der Waals surface area contributed by atoms with Crippen molar-refractivity contribution in [3.8, 4) is 5.75 Å². The van der Waals surface area contributed by atoms with E-state index in [-0.39, 0.29) is 18.5 Å². The highest BCUT2D eigenvalue weighted by molar-refractivity contribution is 6.30. The minimum Gasteiger partial charge on any atom is -0.484 e. The third kappa shape index (κ3) is 2.88. The summed E-state index contributed by atoms with van der Waals surface area (Å²) >= 11 is 5.77. The third-order valence-corrected chi connectivity index (χ3v) is 2.55. The van der Waals surface area contributed by atoms with Crippen molar-refractivity contribution in [3.63, 3.8) is 0 Å². The van der Waals surface area contributed by atoms with Crippen LogP contribution in [0.15, 0.2) is 24.3 Å². The number of urea groups is 1. The van der Waals surface area contributed by atoms with E-state index in [0.717, 1.165) is 4.90 Å². The van der Waals surface area contributed by atoms with Gasteiger partial charge in [0.2, 0.25) is 0 Å². The first kappa shape index (κ1) is 11.7. The molecule has 6 heteroatoms. The van der Waals surface area contributed by atoms with E-state index < -0.39 is 0 Å². The molecule has 0 aliphatic carbocycles. The standard InChI is InChI=1S/C11H11ClN2O3/c12-8-2-1-3-9(6-8)17-7-10(15)14-5-4-13-11(14)16/h1-3,6H,4-5,7H2,(H,13,16). The largest absolute Gasteiger partial charge is 0.484 e. The molecule has 90 valence electrons. The van der Waals surface area contributed by atoms with E-state index in [4.69, 9.17) is 16.3 Å². The van der Waals surface area contributed by atoms with Crippen LogP contribution in [0.5, 0.6) is 5.75 Å². The van der Waals surface area contributed by atoms with E-state index in [9.17, 15) is 9.59 Å². The SMILES string of the molecule is O=C(COc1cccc(Cl)c1)N1CCNC1=O. The molecule has 3 amide bonds. The molecule has 2 rings (SSSR count). The molecule has 1 fully saturated rings. The van der Waals surface area contributed by atoms with Gasteiger partial charge in [-0.3, -0.25) is 9.69 Å². The highest BCUT2D eigenvalue weighted by Crippen LogP contribution is 2.17. The molecule has 0 radical (unpaired) electrons. The summed E-state index contributed by atoms with van der Waals surface area (Å²) in [5, 5.41) is 3.08. The summed E-state index contributed by atoms with van der Waals surface area (Å²) in [4.78, 5) is 23.9. The van der Waals surface area contributed by atoms with Crippen LogP contribution in [-0.4, -0.2) is 36.5 Å². The molecule has 0 atom stereocenters. The Morgan fingerprint density at radius 1 is 1.53 bits per heavy atom. The molecule has 5 nitrogen and oxygen atoms in total. The van der Waals surface area contributed by atoms with E-state index in [0.29, 0.717) is 23.9 Å². The summed E-state index contributed by atoms with van der Waals surface area (Å²) in [6.07, 6.45) is 0.